The Morgan fingerprint density at radius 3 is 1.28 bits per heavy atom. The van der Waals surface area contributed by atoms with Crippen LogP contribution < -0.4 is 0 Å². The summed E-state index contributed by atoms with van der Waals surface area (Å²) in [5.74, 6) is 0.798. The largest absolute Gasteiger partial charge is 0.396 e. The van der Waals surface area contributed by atoms with E-state index < -0.39 is 0 Å². The van der Waals surface area contributed by atoms with Gasteiger partial charge in [-0.15, -0.1) is 0 Å². The molecule has 0 bridgehead atoms. The van der Waals surface area contributed by atoms with Gasteiger partial charge in [0.15, 0.2) is 0 Å². The summed E-state index contributed by atoms with van der Waals surface area (Å²) >= 11 is 0. The van der Waals surface area contributed by atoms with E-state index in [0.717, 1.165) is 25.9 Å². The Balaban J connectivity index is 0.000000201. The topological polar surface area (TPSA) is 46.9 Å². The van der Waals surface area contributed by atoms with Crippen molar-refractivity contribution in [1.29, 1.82) is 0 Å². The molecule has 4 nitrogen and oxygen atoms in total. The summed E-state index contributed by atoms with van der Waals surface area (Å²) in [4.78, 5) is 4.53. The first-order chi connectivity index (χ1) is 17.4. The lowest BCUT2D eigenvalue weighted by molar-refractivity contribution is 0.0821. The van der Waals surface area contributed by atoms with Crippen LogP contribution in [-0.4, -0.2) is 74.5 Å². The van der Waals surface area contributed by atoms with E-state index in [9.17, 15) is 10.2 Å². The van der Waals surface area contributed by atoms with Crippen LogP contribution in [0.15, 0.2) is 60.7 Å². The van der Waals surface area contributed by atoms with Crippen LogP contribution in [0.2, 0.25) is 0 Å². The highest BCUT2D eigenvalue weighted by atomic mass is 16.3. The van der Waals surface area contributed by atoms with Crippen molar-refractivity contribution in [2.45, 2.75) is 62.2 Å². The third-order valence-corrected chi connectivity index (χ3v) is 8.75. The van der Waals surface area contributed by atoms with E-state index in [-0.39, 0.29) is 10.8 Å². The number of rotatable bonds is 8. The molecule has 2 N–H and O–H groups in total. The van der Waals surface area contributed by atoms with Gasteiger partial charge in [0.05, 0.1) is 0 Å². The van der Waals surface area contributed by atoms with E-state index >= 15 is 0 Å². The van der Waals surface area contributed by atoms with Crippen molar-refractivity contribution in [2.75, 3.05) is 54.5 Å². The maximum Gasteiger partial charge on any atom is 0.0468 e. The van der Waals surface area contributed by atoms with Crippen LogP contribution in [0, 0.1) is 11.8 Å². The lowest BCUT2D eigenvalue weighted by Crippen LogP contribution is -2.47. The SMILES string of the molecule is CN(C)C[C@@]1(c2ccccc2)CCCC[C@H]1CO.CN(C)C[C@]1(c2ccccc2)CCCC[C@@H]1CO. The fourth-order valence-electron chi connectivity index (χ4n) is 7.18. The van der Waals surface area contributed by atoms with Crippen molar-refractivity contribution < 1.29 is 10.2 Å². The third-order valence-electron chi connectivity index (χ3n) is 8.75. The van der Waals surface area contributed by atoms with Crippen molar-refractivity contribution in [3.63, 3.8) is 0 Å². The molecule has 2 aliphatic carbocycles. The molecule has 0 amide bonds. The molecule has 4 heteroatoms. The van der Waals surface area contributed by atoms with Crippen LogP contribution in [0.3, 0.4) is 0 Å². The number of hydrogen-bond acceptors (Lipinski definition) is 4. The molecular formula is C32H50N2O2. The van der Waals surface area contributed by atoms with Gasteiger partial charge in [-0.1, -0.05) is 86.3 Å². The van der Waals surface area contributed by atoms with Gasteiger partial charge in [0.2, 0.25) is 0 Å². The number of aliphatic hydroxyl groups is 2. The summed E-state index contributed by atoms with van der Waals surface area (Å²) in [7, 11) is 8.53. The first kappa shape index (κ1) is 28.8. The Kier molecular flexibility index (Phi) is 11.0. The molecule has 200 valence electrons. The predicted octanol–water partition coefficient (Wildman–Crippen LogP) is 5.34. The molecule has 2 saturated carbocycles. The second-order valence-corrected chi connectivity index (χ2v) is 11.8. The van der Waals surface area contributed by atoms with Gasteiger partial charge in [0.1, 0.15) is 0 Å². The molecule has 0 heterocycles. The van der Waals surface area contributed by atoms with Crippen LogP contribution in [0.25, 0.3) is 0 Å². The fraction of sp³-hybridized carbons (Fsp3) is 0.625. The number of nitrogens with zero attached hydrogens (tertiary/aromatic N) is 2. The van der Waals surface area contributed by atoms with Crippen molar-refractivity contribution in [2.24, 2.45) is 11.8 Å². The van der Waals surface area contributed by atoms with E-state index in [2.05, 4.69) is 98.7 Å². The van der Waals surface area contributed by atoms with Gasteiger partial charge >= 0.3 is 0 Å². The Bertz CT molecular complexity index is 799. The Hall–Kier alpha value is -1.72. The normalized spacial score (nSPS) is 28.6. The predicted molar refractivity (Wildman–Crippen MR) is 151 cm³/mol. The first-order valence-corrected chi connectivity index (χ1v) is 14.0. The zero-order chi connectivity index (χ0) is 26.0. The molecular weight excluding hydrogens is 444 g/mol. The van der Waals surface area contributed by atoms with Crippen LogP contribution in [0.4, 0.5) is 0 Å². The molecule has 0 aromatic heterocycles. The minimum absolute atomic E-state index is 0.137. The van der Waals surface area contributed by atoms with Crippen LogP contribution in [0.5, 0.6) is 0 Å². The van der Waals surface area contributed by atoms with Gasteiger partial charge < -0.3 is 20.0 Å². The maximum absolute atomic E-state index is 9.78. The minimum Gasteiger partial charge on any atom is -0.396 e. The number of likely N-dealkylation sites (N-methyl/N-ethyl adjacent to an activating group) is 2. The average molecular weight is 495 g/mol. The number of benzene rings is 2. The van der Waals surface area contributed by atoms with E-state index in [1.807, 2.05) is 0 Å². The summed E-state index contributed by atoms with van der Waals surface area (Å²) < 4.78 is 0. The molecule has 0 unspecified atom stereocenters. The van der Waals surface area contributed by atoms with Crippen LogP contribution >= 0.6 is 0 Å². The second kappa shape index (κ2) is 13.7. The molecule has 0 radical (unpaired) electrons. The van der Waals surface area contributed by atoms with Crippen LogP contribution in [-0.2, 0) is 10.8 Å². The summed E-state index contributed by atoms with van der Waals surface area (Å²) in [6, 6.07) is 21.6. The zero-order valence-corrected chi connectivity index (χ0v) is 23.2. The molecule has 0 spiro atoms. The highest BCUT2D eigenvalue weighted by Gasteiger charge is 2.43. The number of hydrogen-bond donors (Lipinski definition) is 2. The lowest BCUT2D eigenvalue weighted by Gasteiger charge is -2.45. The fourth-order valence-corrected chi connectivity index (χ4v) is 7.18. The smallest absolute Gasteiger partial charge is 0.0468 e. The van der Waals surface area contributed by atoms with Crippen molar-refractivity contribution in [3.8, 4) is 0 Å². The highest BCUT2D eigenvalue weighted by Crippen LogP contribution is 2.45. The molecule has 36 heavy (non-hydrogen) atoms. The molecule has 0 aliphatic heterocycles. The monoisotopic (exact) mass is 494 g/mol. The van der Waals surface area contributed by atoms with E-state index in [0.29, 0.717) is 25.0 Å². The second-order valence-electron chi connectivity index (χ2n) is 11.8. The van der Waals surface area contributed by atoms with Gasteiger partial charge in [-0.3, -0.25) is 0 Å². The molecule has 4 atom stereocenters. The quantitative estimate of drug-likeness (QED) is 0.520. The summed E-state index contributed by atoms with van der Waals surface area (Å²) in [6.45, 7) is 2.68. The van der Waals surface area contributed by atoms with Gasteiger partial charge in [0.25, 0.3) is 0 Å². The van der Waals surface area contributed by atoms with Crippen molar-refractivity contribution in [3.05, 3.63) is 71.8 Å². The standard InChI is InChI=1S/2C16H25NO/c2*1-17(2)13-16(14-8-4-3-5-9-14)11-7-6-10-15(16)12-18/h2*3-5,8-9,15,18H,6-7,10-13H2,1-2H3/t2*15-,16+/m10/s1. The Morgan fingerprint density at radius 2 is 0.972 bits per heavy atom. The van der Waals surface area contributed by atoms with Gasteiger partial charge in [0, 0.05) is 37.1 Å². The van der Waals surface area contributed by atoms with Gasteiger partial charge in [-0.2, -0.15) is 0 Å². The Labute approximate surface area is 220 Å². The summed E-state index contributed by atoms with van der Waals surface area (Å²) in [6.07, 6.45) is 9.76. The zero-order valence-electron chi connectivity index (χ0n) is 23.2. The van der Waals surface area contributed by atoms with E-state index in [4.69, 9.17) is 0 Å². The first-order valence-electron chi connectivity index (χ1n) is 14.0. The highest BCUT2D eigenvalue weighted by molar-refractivity contribution is 5.29. The minimum atomic E-state index is 0.137. The number of aliphatic hydroxyl groups excluding tert-OH is 2. The van der Waals surface area contributed by atoms with Gasteiger partial charge in [-0.25, -0.2) is 0 Å². The molecule has 2 fully saturated rings. The summed E-state index contributed by atoms with van der Waals surface area (Å²) in [5, 5.41) is 19.6. The van der Waals surface area contributed by atoms with Crippen LogP contribution in [0.1, 0.15) is 62.5 Å². The third kappa shape index (κ3) is 6.77. The summed E-state index contributed by atoms with van der Waals surface area (Å²) in [5.41, 5.74) is 3.07. The molecule has 2 aliphatic rings. The van der Waals surface area contributed by atoms with E-state index in [1.165, 1.54) is 49.7 Å². The Morgan fingerprint density at radius 1 is 0.611 bits per heavy atom. The van der Waals surface area contributed by atoms with Gasteiger partial charge in [-0.05, 0) is 76.8 Å². The maximum atomic E-state index is 9.78. The molecule has 2 aromatic rings. The van der Waals surface area contributed by atoms with Crippen molar-refractivity contribution in [1.82, 2.24) is 9.80 Å². The molecule has 2 aromatic carbocycles. The van der Waals surface area contributed by atoms with Crippen molar-refractivity contribution >= 4 is 0 Å². The molecule has 4 rings (SSSR count). The molecule has 0 saturated heterocycles. The average Bonchev–Trinajstić information content (AvgIpc) is 2.90. The lowest BCUT2D eigenvalue weighted by atomic mass is 9.62. The van der Waals surface area contributed by atoms with E-state index in [1.54, 1.807) is 0 Å².